The summed E-state index contributed by atoms with van der Waals surface area (Å²) in [6, 6.07) is 9.46. The molecule has 0 bridgehead atoms. The first-order chi connectivity index (χ1) is 7.13. The second-order valence-corrected chi connectivity index (χ2v) is 4.60. The Morgan fingerprint density at radius 1 is 1.13 bits per heavy atom. The molecule has 0 heterocycles. The van der Waals surface area contributed by atoms with Crippen molar-refractivity contribution in [2.45, 2.75) is 40.2 Å². The van der Waals surface area contributed by atoms with E-state index in [1.165, 1.54) is 11.1 Å². The van der Waals surface area contributed by atoms with Crippen molar-refractivity contribution in [2.24, 2.45) is 5.92 Å². The van der Waals surface area contributed by atoms with Gasteiger partial charge in [0.2, 0.25) is 0 Å². The average molecular weight is 205 g/mol. The Morgan fingerprint density at radius 3 is 2.20 bits per heavy atom. The molecule has 1 nitrogen and oxygen atoms in total. The Balaban J connectivity index is 2.61. The van der Waals surface area contributed by atoms with E-state index in [4.69, 9.17) is 0 Å². The average Bonchev–Trinajstić information content (AvgIpc) is 2.20. The van der Waals surface area contributed by atoms with Crippen LogP contribution >= 0.6 is 0 Å². The molecule has 0 aliphatic heterocycles. The highest BCUT2D eigenvalue weighted by Gasteiger charge is 2.11. The molecule has 0 fully saturated rings. The maximum absolute atomic E-state index is 3.55. The van der Waals surface area contributed by atoms with Crippen LogP contribution in [0.5, 0.6) is 0 Å². The first-order valence-electron chi connectivity index (χ1n) is 5.92. The zero-order chi connectivity index (χ0) is 11.3. The Hall–Kier alpha value is -0.820. The Morgan fingerprint density at radius 2 is 1.73 bits per heavy atom. The second kappa shape index (κ2) is 5.92. The Labute approximate surface area is 93.9 Å². The van der Waals surface area contributed by atoms with Crippen molar-refractivity contribution in [3.8, 4) is 0 Å². The van der Waals surface area contributed by atoms with Gasteiger partial charge in [-0.25, -0.2) is 0 Å². The van der Waals surface area contributed by atoms with E-state index >= 15 is 0 Å². The lowest BCUT2D eigenvalue weighted by molar-refractivity contribution is 0.405. The van der Waals surface area contributed by atoms with Crippen molar-refractivity contribution >= 4 is 0 Å². The van der Waals surface area contributed by atoms with Gasteiger partial charge in [0.15, 0.2) is 0 Å². The number of rotatable bonds is 5. The second-order valence-electron chi connectivity index (χ2n) is 4.60. The van der Waals surface area contributed by atoms with Gasteiger partial charge in [-0.1, -0.05) is 50.6 Å². The highest BCUT2D eigenvalue weighted by molar-refractivity contribution is 5.22. The third-order valence-electron chi connectivity index (χ3n) is 2.85. The third-order valence-corrected chi connectivity index (χ3v) is 2.85. The van der Waals surface area contributed by atoms with Gasteiger partial charge < -0.3 is 5.32 Å². The maximum Gasteiger partial charge on any atom is 0.0130 e. The van der Waals surface area contributed by atoms with Crippen molar-refractivity contribution in [1.82, 2.24) is 5.32 Å². The number of hydrogen-bond acceptors (Lipinski definition) is 1. The van der Waals surface area contributed by atoms with Gasteiger partial charge in [-0.15, -0.1) is 0 Å². The maximum atomic E-state index is 3.55. The zero-order valence-electron chi connectivity index (χ0n) is 10.4. The molecule has 1 aromatic carbocycles. The van der Waals surface area contributed by atoms with Crippen LogP contribution in [0.4, 0.5) is 0 Å². The van der Waals surface area contributed by atoms with Gasteiger partial charge in [-0.3, -0.25) is 0 Å². The lowest BCUT2D eigenvalue weighted by Crippen LogP contribution is -2.35. The molecule has 84 valence electrons. The van der Waals surface area contributed by atoms with E-state index in [1.54, 1.807) is 0 Å². The van der Waals surface area contributed by atoms with E-state index in [-0.39, 0.29) is 0 Å². The van der Waals surface area contributed by atoms with Crippen molar-refractivity contribution in [3.05, 3.63) is 35.4 Å². The van der Waals surface area contributed by atoms with Crippen molar-refractivity contribution in [3.63, 3.8) is 0 Å². The molecule has 0 saturated heterocycles. The normalized spacial score (nSPS) is 13.1. The zero-order valence-corrected chi connectivity index (χ0v) is 10.4. The molecule has 0 amide bonds. The van der Waals surface area contributed by atoms with Crippen molar-refractivity contribution in [2.75, 3.05) is 6.54 Å². The molecule has 1 atom stereocenters. The van der Waals surface area contributed by atoms with Gasteiger partial charge in [-0.05, 0) is 31.4 Å². The number of benzene rings is 1. The molecule has 0 spiro atoms. The monoisotopic (exact) mass is 205 g/mol. The van der Waals surface area contributed by atoms with Crippen molar-refractivity contribution in [1.29, 1.82) is 0 Å². The van der Waals surface area contributed by atoms with Gasteiger partial charge in [-0.2, -0.15) is 0 Å². The molecule has 1 aromatic rings. The number of hydrogen-bond donors (Lipinski definition) is 1. The van der Waals surface area contributed by atoms with Crippen LogP contribution in [0.2, 0.25) is 0 Å². The van der Waals surface area contributed by atoms with Gasteiger partial charge >= 0.3 is 0 Å². The van der Waals surface area contributed by atoms with E-state index in [2.05, 4.69) is 57.3 Å². The largest absolute Gasteiger partial charge is 0.314 e. The number of nitrogens with one attached hydrogen (secondary N) is 1. The highest BCUT2D eigenvalue weighted by atomic mass is 14.9. The number of aryl methyl sites for hydroxylation is 1. The number of likely N-dealkylation sites (N-methyl/N-ethyl adjacent to an activating group) is 1. The van der Waals surface area contributed by atoms with Crippen LogP contribution in [0.15, 0.2) is 24.3 Å². The molecule has 0 saturated carbocycles. The summed E-state index contributed by atoms with van der Waals surface area (Å²) in [4.78, 5) is 0. The first-order valence-corrected chi connectivity index (χ1v) is 5.92. The fraction of sp³-hybridized carbons (Fsp3) is 0.571. The minimum absolute atomic E-state index is 0.595. The molecule has 1 rings (SSSR count). The van der Waals surface area contributed by atoms with E-state index in [0.29, 0.717) is 12.0 Å². The van der Waals surface area contributed by atoms with Gasteiger partial charge in [0.25, 0.3) is 0 Å². The summed E-state index contributed by atoms with van der Waals surface area (Å²) in [7, 11) is 0. The summed E-state index contributed by atoms with van der Waals surface area (Å²) in [5, 5.41) is 3.55. The summed E-state index contributed by atoms with van der Waals surface area (Å²) in [6.07, 6.45) is 1.13. The Kier molecular flexibility index (Phi) is 4.83. The Bertz CT molecular complexity index is 274. The van der Waals surface area contributed by atoms with Crippen molar-refractivity contribution < 1.29 is 0 Å². The summed E-state index contributed by atoms with van der Waals surface area (Å²) in [6.45, 7) is 9.91. The van der Waals surface area contributed by atoms with Crippen LogP contribution in [-0.4, -0.2) is 12.6 Å². The molecule has 15 heavy (non-hydrogen) atoms. The van der Waals surface area contributed by atoms with Crippen LogP contribution in [0.3, 0.4) is 0 Å². The summed E-state index contributed by atoms with van der Waals surface area (Å²) >= 11 is 0. The van der Waals surface area contributed by atoms with Crippen LogP contribution in [0.25, 0.3) is 0 Å². The first kappa shape index (κ1) is 12.3. The van der Waals surface area contributed by atoms with Crippen LogP contribution in [0.1, 0.15) is 31.9 Å². The summed E-state index contributed by atoms with van der Waals surface area (Å²) in [5.74, 6) is 0.686. The molecule has 1 heteroatoms. The smallest absolute Gasteiger partial charge is 0.0130 e. The quantitative estimate of drug-likeness (QED) is 0.778. The van der Waals surface area contributed by atoms with Crippen LogP contribution < -0.4 is 5.32 Å². The topological polar surface area (TPSA) is 12.0 Å². The molecule has 1 unspecified atom stereocenters. The van der Waals surface area contributed by atoms with Gasteiger partial charge in [0, 0.05) is 6.04 Å². The molecule has 1 N–H and O–H groups in total. The van der Waals surface area contributed by atoms with E-state index in [0.717, 1.165) is 13.0 Å². The van der Waals surface area contributed by atoms with E-state index in [1.807, 2.05) is 0 Å². The minimum Gasteiger partial charge on any atom is -0.314 e. The lowest BCUT2D eigenvalue weighted by atomic mass is 9.96. The van der Waals surface area contributed by atoms with E-state index in [9.17, 15) is 0 Å². The third kappa shape index (κ3) is 4.05. The minimum atomic E-state index is 0.595. The SMILES string of the molecule is CCNC(Cc1ccc(C)cc1)C(C)C. The van der Waals surface area contributed by atoms with Crippen LogP contribution in [-0.2, 0) is 6.42 Å². The van der Waals surface area contributed by atoms with Gasteiger partial charge in [0.05, 0.1) is 0 Å². The van der Waals surface area contributed by atoms with Gasteiger partial charge in [0.1, 0.15) is 0 Å². The predicted octanol–water partition coefficient (Wildman–Crippen LogP) is 3.17. The summed E-state index contributed by atoms with van der Waals surface area (Å²) in [5.41, 5.74) is 2.77. The molecule has 0 aromatic heterocycles. The van der Waals surface area contributed by atoms with Crippen LogP contribution in [0, 0.1) is 12.8 Å². The fourth-order valence-electron chi connectivity index (χ4n) is 1.78. The fourth-order valence-corrected chi connectivity index (χ4v) is 1.78. The molecular weight excluding hydrogens is 182 g/mol. The molecule has 0 aliphatic rings. The predicted molar refractivity (Wildman–Crippen MR) is 67.2 cm³/mol. The standard InChI is InChI=1S/C14H23N/c1-5-15-14(11(2)3)10-13-8-6-12(4)7-9-13/h6-9,11,14-15H,5,10H2,1-4H3. The molecule has 0 aliphatic carbocycles. The lowest BCUT2D eigenvalue weighted by Gasteiger charge is -2.21. The highest BCUT2D eigenvalue weighted by Crippen LogP contribution is 2.11. The summed E-state index contributed by atoms with van der Waals surface area (Å²) < 4.78 is 0. The molecule has 0 radical (unpaired) electrons. The molecular formula is C14H23N. The van der Waals surface area contributed by atoms with E-state index < -0.39 is 0 Å².